The first kappa shape index (κ1) is 14.9. The SMILES string of the molecule is Cc1ncsc1C(=O)NCCn1nc(-c2cccs2)cc1C. The number of thiophene rings is 1. The van der Waals surface area contributed by atoms with Crippen LogP contribution in [0.5, 0.6) is 0 Å². The van der Waals surface area contributed by atoms with E-state index in [0.717, 1.165) is 22.0 Å². The quantitative estimate of drug-likeness (QED) is 0.781. The maximum Gasteiger partial charge on any atom is 0.263 e. The van der Waals surface area contributed by atoms with Gasteiger partial charge in [-0.05, 0) is 31.4 Å². The minimum Gasteiger partial charge on any atom is -0.349 e. The molecular formula is C15H16N4OS2. The molecule has 3 rings (SSSR count). The van der Waals surface area contributed by atoms with Crippen molar-refractivity contribution >= 4 is 28.6 Å². The summed E-state index contributed by atoms with van der Waals surface area (Å²) in [6.07, 6.45) is 0. The third-order valence-electron chi connectivity index (χ3n) is 3.32. The van der Waals surface area contributed by atoms with Crippen molar-refractivity contribution in [2.45, 2.75) is 20.4 Å². The summed E-state index contributed by atoms with van der Waals surface area (Å²) < 4.78 is 1.93. The third-order valence-corrected chi connectivity index (χ3v) is 5.14. The summed E-state index contributed by atoms with van der Waals surface area (Å²) >= 11 is 3.04. The number of hydrogen-bond donors (Lipinski definition) is 1. The molecule has 0 aromatic carbocycles. The molecule has 1 N–H and O–H groups in total. The van der Waals surface area contributed by atoms with Crippen molar-refractivity contribution in [3.8, 4) is 10.6 Å². The van der Waals surface area contributed by atoms with Crippen molar-refractivity contribution in [1.82, 2.24) is 20.1 Å². The summed E-state index contributed by atoms with van der Waals surface area (Å²) in [5.74, 6) is -0.0664. The number of nitrogens with zero attached hydrogens (tertiary/aromatic N) is 3. The van der Waals surface area contributed by atoms with Gasteiger partial charge in [0.2, 0.25) is 0 Å². The van der Waals surface area contributed by atoms with Gasteiger partial charge in [0.05, 0.1) is 22.6 Å². The molecule has 0 aliphatic heterocycles. The Hall–Kier alpha value is -1.99. The van der Waals surface area contributed by atoms with E-state index in [1.807, 2.05) is 30.0 Å². The second kappa shape index (κ2) is 6.41. The largest absolute Gasteiger partial charge is 0.349 e. The van der Waals surface area contributed by atoms with Gasteiger partial charge in [0.25, 0.3) is 5.91 Å². The topological polar surface area (TPSA) is 59.8 Å². The molecule has 114 valence electrons. The van der Waals surface area contributed by atoms with E-state index in [2.05, 4.69) is 27.5 Å². The van der Waals surface area contributed by atoms with Crippen LogP contribution in [0, 0.1) is 13.8 Å². The minimum atomic E-state index is -0.0664. The van der Waals surface area contributed by atoms with Crippen molar-refractivity contribution in [3.05, 3.63) is 45.4 Å². The molecule has 0 radical (unpaired) electrons. The van der Waals surface area contributed by atoms with Crippen molar-refractivity contribution in [2.75, 3.05) is 6.54 Å². The molecule has 0 atom stereocenters. The molecule has 7 heteroatoms. The fourth-order valence-corrected chi connectivity index (χ4v) is 3.56. The fourth-order valence-electron chi connectivity index (χ4n) is 2.16. The van der Waals surface area contributed by atoms with Crippen LogP contribution in [0.1, 0.15) is 21.1 Å². The van der Waals surface area contributed by atoms with Gasteiger partial charge >= 0.3 is 0 Å². The molecule has 0 saturated carbocycles. The standard InChI is InChI=1S/C15H16N4OS2/c1-10-8-12(13-4-3-7-21-13)18-19(10)6-5-16-15(20)14-11(2)17-9-22-14/h3-4,7-9H,5-6H2,1-2H3,(H,16,20). The van der Waals surface area contributed by atoms with Crippen LogP contribution in [-0.4, -0.2) is 27.2 Å². The lowest BCUT2D eigenvalue weighted by molar-refractivity contribution is 0.0955. The lowest BCUT2D eigenvalue weighted by atomic mass is 10.3. The molecule has 0 saturated heterocycles. The van der Waals surface area contributed by atoms with Crippen LogP contribution in [0.15, 0.2) is 29.1 Å². The molecule has 5 nitrogen and oxygen atoms in total. The van der Waals surface area contributed by atoms with Gasteiger partial charge in [-0.15, -0.1) is 22.7 Å². The van der Waals surface area contributed by atoms with E-state index in [1.165, 1.54) is 11.3 Å². The predicted octanol–water partition coefficient (Wildman–Crippen LogP) is 3.11. The molecule has 3 aromatic heterocycles. The van der Waals surface area contributed by atoms with E-state index in [1.54, 1.807) is 16.8 Å². The number of nitrogens with one attached hydrogen (secondary N) is 1. The van der Waals surface area contributed by atoms with Gasteiger partial charge in [0, 0.05) is 12.2 Å². The first-order chi connectivity index (χ1) is 10.6. The summed E-state index contributed by atoms with van der Waals surface area (Å²) in [4.78, 5) is 18.0. The number of carbonyl (C=O) groups is 1. The highest BCUT2D eigenvalue weighted by Crippen LogP contribution is 2.23. The van der Waals surface area contributed by atoms with Crippen LogP contribution in [0.2, 0.25) is 0 Å². The van der Waals surface area contributed by atoms with Crippen LogP contribution in [0.3, 0.4) is 0 Å². The molecular weight excluding hydrogens is 316 g/mol. The Morgan fingerprint density at radius 3 is 2.91 bits per heavy atom. The predicted molar refractivity (Wildman–Crippen MR) is 89.5 cm³/mol. The van der Waals surface area contributed by atoms with Crippen LogP contribution >= 0.6 is 22.7 Å². The normalized spacial score (nSPS) is 10.8. The summed E-state index contributed by atoms with van der Waals surface area (Å²) in [5, 5.41) is 9.56. The Morgan fingerprint density at radius 1 is 1.36 bits per heavy atom. The lowest BCUT2D eigenvalue weighted by Gasteiger charge is -2.06. The molecule has 22 heavy (non-hydrogen) atoms. The smallest absolute Gasteiger partial charge is 0.263 e. The number of thiazole rings is 1. The highest BCUT2D eigenvalue weighted by molar-refractivity contribution is 7.13. The van der Waals surface area contributed by atoms with Crippen molar-refractivity contribution in [3.63, 3.8) is 0 Å². The number of hydrogen-bond acceptors (Lipinski definition) is 5. The molecule has 0 spiro atoms. The number of rotatable bonds is 5. The molecule has 1 amide bonds. The van der Waals surface area contributed by atoms with Crippen LogP contribution in [0.25, 0.3) is 10.6 Å². The van der Waals surface area contributed by atoms with Crippen molar-refractivity contribution < 1.29 is 4.79 Å². The van der Waals surface area contributed by atoms with E-state index >= 15 is 0 Å². The first-order valence-electron chi connectivity index (χ1n) is 6.92. The molecule has 0 bridgehead atoms. The monoisotopic (exact) mass is 332 g/mol. The summed E-state index contributed by atoms with van der Waals surface area (Å²) in [6, 6.07) is 6.15. The van der Waals surface area contributed by atoms with Gasteiger partial charge in [-0.2, -0.15) is 5.10 Å². The maximum atomic E-state index is 12.0. The van der Waals surface area contributed by atoms with E-state index in [0.29, 0.717) is 18.0 Å². The average molecular weight is 332 g/mol. The van der Waals surface area contributed by atoms with Gasteiger partial charge in [0.15, 0.2) is 0 Å². The van der Waals surface area contributed by atoms with E-state index in [4.69, 9.17) is 0 Å². The van der Waals surface area contributed by atoms with Crippen molar-refractivity contribution in [2.24, 2.45) is 0 Å². The van der Waals surface area contributed by atoms with Gasteiger partial charge in [-0.1, -0.05) is 6.07 Å². The molecule has 0 aliphatic rings. The van der Waals surface area contributed by atoms with Gasteiger partial charge < -0.3 is 5.32 Å². The number of aromatic nitrogens is 3. The Bertz CT molecular complexity index is 773. The summed E-state index contributed by atoms with van der Waals surface area (Å²) in [6.45, 7) is 5.07. The average Bonchev–Trinajstić information content (AvgIpc) is 3.20. The first-order valence-corrected chi connectivity index (χ1v) is 8.67. The van der Waals surface area contributed by atoms with Gasteiger partial charge in [-0.25, -0.2) is 4.98 Å². The van der Waals surface area contributed by atoms with Gasteiger partial charge in [-0.3, -0.25) is 9.48 Å². The number of aryl methyl sites for hydroxylation is 2. The van der Waals surface area contributed by atoms with Gasteiger partial charge in [0.1, 0.15) is 10.6 Å². The van der Waals surface area contributed by atoms with Crippen LogP contribution in [-0.2, 0) is 6.54 Å². The third kappa shape index (κ3) is 3.10. The minimum absolute atomic E-state index is 0.0664. The zero-order valence-corrected chi connectivity index (χ0v) is 14.0. The number of amides is 1. The summed E-state index contributed by atoms with van der Waals surface area (Å²) in [7, 11) is 0. The Morgan fingerprint density at radius 2 is 2.23 bits per heavy atom. The Kier molecular flexibility index (Phi) is 4.35. The second-order valence-electron chi connectivity index (χ2n) is 4.89. The van der Waals surface area contributed by atoms with E-state index in [9.17, 15) is 4.79 Å². The zero-order valence-electron chi connectivity index (χ0n) is 12.4. The van der Waals surface area contributed by atoms with E-state index < -0.39 is 0 Å². The molecule has 0 unspecified atom stereocenters. The molecule has 3 aromatic rings. The van der Waals surface area contributed by atoms with Crippen molar-refractivity contribution in [1.29, 1.82) is 0 Å². The summed E-state index contributed by atoms with van der Waals surface area (Å²) in [5.41, 5.74) is 4.54. The second-order valence-corrected chi connectivity index (χ2v) is 6.70. The Labute approximate surface area is 136 Å². The zero-order chi connectivity index (χ0) is 15.5. The number of carbonyl (C=O) groups excluding carboxylic acids is 1. The van der Waals surface area contributed by atoms with Crippen LogP contribution in [0.4, 0.5) is 0 Å². The highest BCUT2D eigenvalue weighted by atomic mass is 32.1. The fraction of sp³-hybridized carbons (Fsp3) is 0.267. The molecule has 3 heterocycles. The lowest BCUT2D eigenvalue weighted by Crippen LogP contribution is -2.27. The highest BCUT2D eigenvalue weighted by Gasteiger charge is 2.12. The Balaban J connectivity index is 1.60. The molecule has 0 fully saturated rings. The van der Waals surface area contributed by atoms with Crippen LogP contribution < -0.4 is 5.32 Å². The molecule has 0 aliphatic carbocycles. The maximum absolute atomic E-state index is 12.0. The van der Waals surface area contributed by atoms with E-state index in [-0.39, 0.29) is 5.91 Å².